The van der Waals surface area contributed by atoms with Gasteiger partial charge in [0, 0.05) is 27.5 Å². The molecule has 0 aliphatic carbocycles. The Hall–Kier alpha value is -3.25. The van der Waals surface area contributed by atoms with Crippen molar-refractivity contribution < 1.29 is 14.3 Å². The molecule has 1 aromatic heterocycles. The van der Waals surface area contributed by atoms with Crippen LogP contribution in [0.1, 0.15) is 40.7 Å². The van der Waals surface area contributed by atoms with Gasteiger partial charge in [0.1, 0.15) is 11.5 Å². The molecule has 0 atom stereocenters. The first-order chi connectivity index (χ1) is 14.9. The van der Waals surface area contributed by atoms with Crippen LogP contribution in [0, 0.1) is 13.8 Å². The first kappa shape index (κ1) is 22.4. The minimum atomic E-state index is -0.288. The minimum Gasteiger partial charge on any atom is -0.495 e. The fourth-order valence-electron chi connectivity index (χ4n) is 3.27. The van der Waals surface area contributed by atoms with Gasteiger partial charge >= 0.3 is 0 Å². The summed E-state index contributed by atoms with van der Waals surface area (Å²) in [7, 11) is 1.63. The summed E-state index contributed by atoms with van der Waals surface area (Å²) in [5, 5.41) is 4.75. The van der Waals surface area contributed by atoms with E-state index in [2.05, 4.69) is 10.5 Å². The molecule has 2 aromatic carbocycles. The lowest BCUT2D eigenvalue weighted by Crippen LogP contribution is -2.17. The highest BCUT2D eigenvalue weighted by molar-refractivity contribution is 6.30. The summed E-state index contributed by atoms with van der Waals surface area (Å²) in [6.45, 7) is 6.66. The molecule has 0 aliphatic rings. The Labute approximate surface area is 187 Å². The minimum absolute atomic E-state index is 0.288. The second kappa shape index (κ2) is 10.2. The van der Waals surface area contributed by atoms with Crippen molar-refractivity contribution in [2.45, 2.75) is 27.2 Å². The Morgan fingerprint density at radius 2 is 1.90 bits per heavy atom. The molecule has 0 aliphatic heterocycles. The zero-order valence-electron chi connectivity index (χ0n) is 18.1. The Balaban J connectivity index is 1.74. The molecule has 0 saturated carbocycles. The van der Waals surface area contributed by atoms with E-state index in [4.69, 9.17) is 21.1 Å². The SMILES string of the molecule is CCCOc1ccc(C(=O)N/N=C\c2cc(C)n(-c3cc(Cl)ccc3OC)c2C)cc1. The number of amides is 1. The summed E-state index contributed by atoms with van der Waals surface area (Å²) in [5.74, 6) is 1.17. The second-order valence-corrected chi connectivity index (χ2v) is 7.49. The van der Waals surface area contributed by atoms with Gasteiger partial charge in [-0.2, -0.15) is 5.10 Å². The third-order valence-electron chi connectivity index (χ3n) is 4.81. The molecule has 3 aromatic rings. The Morgan fingerprint density at radius 1 is 1.16 bits per heavy atom. The van der Waals surface area contributed by atoms with Crippen LogP contribution < -0.4 is 14.9 Å². The maximum atomic E-state index is 12.4. The van der Waals surface area contributed by atoms with Gasteiger partial charge in [0.05, 0.1) is 25.6 Å². The summed E-state index contributed by atoms with van der Waals surface area (Å²) in [6, 6.07) is 14.5. The van der Waals surface area contributed by atoms with Crippen molar-refractivity contribution in [3.63, 3.8) is 0 Å². The summed E-state index contributed by atoms with van der Waals surface area (Å²) in [4.78, 5) is 12.4. The van der Waals surface area contributed by atoms with Gasteiger partial charge in [-0.3, -0.25) is 4.79 Å². The number of carbonyl (C=O) groups excluding carboxylic acids is 1. The predicted octanol–water partition coefficient (Wildman–Crippen LogP) is 5.31. The van der Waals surface area contributed by atoms with Crippen LogP contribution in [-0.2, 0) is 0 Å². The highest BCUT2D eigenvalue weighted by Crippen LogP contribution is 2.30. The summed E-state index contributed by atoms with van der Waals surface area (Å²) >= 11 is 6.20. The average molecular weight is 440 g/mol. The maximum Gasteiger partial charge on any atom is 0.271 e. The molecule has 1 N–H and O–H groups in total. The van der Waals surface area contributed by atoms with Crippen LogP contribution in [0.5, 0.6) is 11.5 Å². The largest absolute Gasteiger partial charge is 0.495 e. The highest BCUT2D eigenvalue weighted by Gasteiger charge is 2.14. The smallest absolute Gasteiger partial charge is 0.271 e. The van der Waals surface area contributed by atoms with E-state index < -0.39 is 0 Å². The van der Waals surface area contributed by atoms with Crippen LogP contribution in [-0.4, -0.2) is 30.4 Å². The molecule has 7 heteroatoms. The number of methoxy groups -OCH3 is 1. The fourth-order valence-corrected chi connectivity index (χ4v) is 3.44. The van der Waals surface area contributed by atoms with Gasteiger partial charge in [0.2, 0.25) is 0 Å². The van der Waals surface area contributed by atoms with Crippen molar-refractivity contribution in [1.82, 2.24) is 9.99 Å². The van der Waals surface area contributed by atoms with Gasteiger partial charge in [0.25, 0.3) is 5.91 Å². The molecule has 1 amide bonds. The molecule has 3 rings (SSSR count). The molecule has 6 nitrogen and oxygen atoms in total. The van der Waals surface area contributed by atoms with Crippen molar-refractivity contribution in [3.05, 3.63) is 76.1 Å². The fraction of sp³-hybridized carbons (Fsp3) is 0.250. The van der Waals surface area contributed by atoms with Crippen molar-refractivity contribution in [2.75, 3.05) is 13.7 Å². The monoisotopic (exact) mass is 439 g/mol. The van der Waals surface area contributed by atoms with Crippen molar-refractivity contribution in [3.8, 4) is 17.2 Å². The molecule has 0 fully saturated rings. The third kappa shape index (κ3) is 5.27. The zero-order chi connectivity index (χ0) is 22.4. The lowest BCUT2D eigenvalue weighted by atomic mass is 10.2. The van der Waals surface area contributed by atoms with E-state index in [0.29, 0.717) is 22.9 Å². The lowest BCUT2D eigenvalue weighted by molar-refractivity contribution is 0.0955. The summed E-state index contributed by atoms with van der Waals surface area (Å²) in [6.07, 6.45) is 2.56. The number of rotatable bonds is 8. The lowest BCUT2D eigenvalue weighted by Gasteiger charge is -2.14. The Kier molecular flexibility index (Phi) is 7.36. The molecular weight excluding hydrogens is 414 g/mol. The predicted molar refractivity (Wildman–Crippen MR) is 124 cm³/mol. The van der Waals surface area contributed by atoms with E-state index in [1.54, 1.807) is 43.7 Å². The number of benzene rings is 2. The quantitative estimate of drug-likeness (QED) is 0.382. The molecule has 0 spiro atoms. The van der Waals surface area contributed by atoms with E-state index in [1.165, 1.54) is 0 Å². The molecule has 0 bridgehead atoms. The first-order valence-electron chi connectivity index (χ1n) is 10.0. The van der Waals surface area contributed by atoms with E-state index in [-0.39, 0.29) is 5.91 Å². The standard InChI is InChI=1S/C24H26ClN3O3/c1-5-12-31-21-9-6-18(7-10-21)24(29)27-26-15-19-13-16(2)28(17(19)3)22-14-20(25)8-11-23(22)30-4/h6-11,13-15H,5,12H2,1-4H3,(H,27,29)/b26-15-. The number of hydrogen-bond acceptors (Lipinski definition) is 4. The van der Waals surface area contributed by atoms with Gasteiger partial charge in [-0.25, -0.2) is 5.43 Å². The van der Waals surface area contributed by atoms with Crippen LogP contribution in [0.25, 0.3) is 5.69 Å². The van der Waals surface area contributed by atoms with Crippen LogP contribution >= 0.6 is 11.6 Å². The van der Waals surface area contributed by atoms with E-state index in [9.17, 15) is 4.79 Å². The summed E-state index contributed by atoms with van der Waals surface area (Å²) in [5.41, 5.74) is 6.75. The van der Waals surface area contributed by atoms with Gasteiger partial charge in [-0.1, -0.05) is 18.5 Å². The van der Waals surface area contributed by atoms with Crippen LogP contribution in [0.2, 0.25) is 5.02 Å². The van der Waals surface area contributed by atoms with Gasteiger partial charge in [-0.15, -0.1) is 0 Å². The Bertz CT molecular complexity index is 1090. The number of nitrogens with zero attached hydrogens (tertiary/aromatic N) is 2. The van der Waals surface area contributed by atoms with Crippen molar-refractivity contribution >= 4 is 23.7 Å². The number of ether oxygens (including phenoxy) is 2. The molecule has 31 heavy (non-hydrogen) atoms. The molecule has 0 saturated heterocycles. The number of carbonyl (C=O) groups is 1. The van der Waals surface area contributed by atoms with Gasteiger partial charge in [-0.05, 0) is 68.8 Å². The zero-order valence-corrected chi connectivity index (χ0v) is 18.9. The van der Waals surface area contributed by atoms with E-state index >= 15 is 0 Å². The Morgan fingerprint density at radius 3 is 2.58 bits per heavy atom. The highest BCUT2D eigenvalue weighted by atomic mass is 35.5. The third-order valence-corrected chi connectivity index (χ3v) is 5.05. The average Bonchev–Trinajstić information content (AvgIpc) is 3.05. The number of halogens is 1. The molecule has 162 valence electrons. The first-order valence-corrected chi connectivity index (χ1v) is 10.4. The maximum absolute atomic E-state index is 12.4. The van der Waals surface area contributed by atoms with Crippen molar-refractivity contribution in [1.29, 1.82) is 0 Å². The number of nitrogens with one attached hydrogen (secondary N) is 1. The van der Waals surface area contributed by atoms with E-state index in [1.807, 2.05) is 43.5 Å². The molecular formula is C24H26ClN3O3. The number of hydrogen-bond donors (Lipinski definition) is 1. The van der Waals surface area contributed by atoms with Crippen LogP contribution in [0.3, 0.4) is 0 Å². The second-order valence-electron chi connectivity index (χ2n) is 7.05. The van der Waals surface area contributed by atoms with Crippen LogP contribution in [0.4, 0.5) is 0 Å². The molecule has 0 radical (unpaired) electrons. The topological polar surface area (TPSA) is 64.8 Å². The molecule has 1 heterocycles. The number of aromatic nitrogens is 1. The normalized spacial score (nSPS) is 11.0. The van der Waals surface area contributed by atoms with E-state index in [0.717, 1.165) is 34.8 Å². The van der Waals surface area contributed by atoms with Crippen molar-refractivity contribution in [2.24, 2.45) is 5.10 Å². The number of hydrazone groups is 1. The van der Waals surface area contributed by atoms with Gasteiger partial charge < -0.3 is 14.0 Å². The summed E-state index contributed by atoms with van der Waals surface area (Å²) < 4.78 is 13.1. The van der Waals surface area contributed by atoms with Crippen LogP contribution in [0.15, 0.2) is 53.6 Å². The molecule has 0 unspecified atom stereocenters. The van der Waals surface area contributed by atoms with Gasteiger partial charge in [0.15, 0.2) is 0 Å². The number of aryl methyl sites for hydroxylation is 1.